The molecule has 1 aliphatic rings. The van der Waals surface area contributed by atoms with E-state index in [2.05, 4.69) is 186 Å². The van der Waals surface area contributed by atoms with Gasteiger partial charge in [0.05, 0.1) is 0 Å². The fraction of sp³-hybridized carbons (Fsp3) is 0.154. The number of furan rings is 1. The molecule has 1 heterocycles. The summed E-state index contributed by atoms with van der Waals surface area (Å²) in [5, 5.41) is 7.30. The molecule has 10 rings (SSSR count). The van der Waals surface area contributed by atoms with Crippen molar-refractivity contribution >= 4 is 60.5 Å². The molecule has 0 fully saturated rings. The Hall–Kier alpha value is -6.12. The second-order valence-corrected chi connectivity index (χ2v) is 17.1. The van der Waals surface area contributed by atoms with Gasteiger partial charge >= 0.3 is 0 Å². The number of rotatable bonds is 4. The zero-order valence-electron chi connectivity index (χ0n) is 31.8. The maximum Gasteiger partial charge on any atom is 0.137 e. The largest absolute Gasteiger partial charge is 0.456 e. The van der Waals surface area contributed by atoms with Crippen LogP contribution in [0.25, 0.3) is 76.9 Å². The zero-order chi connectivity index (χ0) is 36.9. The number of para-hydroxylation sites is 1. The SMILES string of the molecule is CC(C)(C)c1ccc(-c2ccc3cc4c(cc3c2)-c2cc3ccc(N(c5ccc(C(C)(C)C)cc5)c5ccc6c(c5)oc5ccccc56)cc3cc2-4)cc1. The minimum absolute atomic E-state index is 0.0731. The van der Waals surface area contributed by atoms with Crippen LogP contribution in [0, 0.1) is 0 Å². The van der Waals surface area contributed by atoms with E-state index < -0.39 is 0 Å². The number of fused-ring (bicyclic) bond motifs is 9. The average molecular weight is 698 g/mol. The molecular formula is C52H43NO. The summed E-state index contributed by atoms with van der Waals surface area (Å²) < 4.78 is 6.37. The van der Waals surface area contributed by atoms with Crippen molar-refractivity contribution in [1.82, 2.24) is 0 Å². The first kappa shape index (κ1) is 32.5. The van der Waals surface area contributed by atoms with Crippen LogP contribution < -0.4 is 4.90 Å². The molecule has 0 bridgehead atoms. The van der Waals surface area contributed by atoms with Crippen molar-refractivity contribution < 1.29 is 4.42 Å². The van der Waals surface area contributed by atoms with Crippen LogP contribution in [0.5, 0.6) is 0 Å². The van der Waals surface area contributed by atoms with Crippen molar-refractivity contribution in [2.75, 3.05) is 4.90 Å². The topological polar surface area (TPSA) is 16.4 Å². The second kappa shape index (κ2) is 11.7. The Morgan fingerprint density at radius 1 is 0.370 bits per heavy atom. The lowest BCUT2D eigenvalue weighted by molar-refractivity contribution is 0.590. The lowest BCUT2D eigenvalue weighted by Crippen LogP contribution is -2.13. The van der Waals surface area contributed by atoms with Gasteiger partial charge in [-0.3, -0.25) is 0 Å². The van der Waals surface area contributed by atoms with Crippen LogP contribution in [0.15, 0.2) is 156 Å². The van der Waals surface area contributed by atoms with Crippen LogP contribution in [0.3, 0.4) is 0 Å². The summed E-state index contributed by atoms with van der Waals surface area (Å²) in [5.41, 5.74) is 15.8. The minimum atomic E-state index is 0.0731. The summed E-state index contributed by atoms with van der Waals surface area (Å²) in [6.45, 7) is 13.6. The van der Waals surface area contributed by atoms with E-state index in [1.165, 1.54) is 66.1 Å². The third-order valence-corrected chi connectivity index (χ3v) is 11.5. The van der Waals surface area contributed by atoms with Gasteiger partial charge in [0.15, 0.2) is 0 Å². The van der Waals surface area contributed by atoms with Gasteiger partial charge < -0.3 is 9.32 Å². The molecule has 0 unspecified atom stereocenters. The number of benzene rings is 8. The Labute approximate surface area is 317 Å². The first-order valence-electron chi connectivity index (χ1n) is 19.1. The van der Waals surface area contributed by atoms with E-state index >= 15 is 0 Å². The van der Waals surface area contributed by atoms with Crippen LogP contribution >= 0.6 is 0 Å². The number of hydrogen-bond donors (Lipinski definition) is 0. The third-order valence-electron chi connectivity index (χ3n) is 11.5. The molecule has 9 aromatic rings. The standard InChI is InChI=1S/C52H43NO/c1-51(2,3)38-16-13-32(14-17-38)33-11-12-34-27-45-47(29-36(34)25-33)46-28-35-15-20-41(26-37(35)30-48(45)46)53(40-21-18-39(19-22-40)52(4,5)6)42-23-24-44-43-9-7-8-10-49(43)54-50(44)31-42/h7-31H,1-6H3. The van der Waals surface area contributed by atoms with E-state index in [-0.39, 0.29) is 10.8 Å². The molecule has 2 heteroatoms. The second-order valence-electron chi connectivity index (χ2n) is 17.1. The molecule has 0 amide bonds. The maximum atomic E-state index is 6.37. The predicted molar refractivity (Wildman–Crippen MR) is 231 cm³/mol. The summed E-state index contributed by atoms with van der Waals surface area (Å²) in [6.07, 6.45) is 0. The highest BCUT2D eigenvalue weighted by Gasteiger charge is 2.25. The lowest BCUT2D eigenvalue weighted by atomic mass is 9.77. The summed E-state index contributed by atoms with van der Waals surface area (Å²) in [7, 11) is 0. The van der Waals surface area contributed by atoms with Gasteiger partial charge in [-0.1, -0.05) is 114 Å². The average Bonchev–Trinajstić information content (AvgIpc) is 3.54. The molecule has 1 aliphatic carbocycles. The molecule has 0 saturated heterocycles. The molecule has 0 saturated carbocycles. The third kappa shape index (κ3) is 5.31. The van der Waals surface area contributed by atoms with Gasteiger partial charge in [-0.2, -0.15) is 0 Å². The smallest absolute Gasteiger partial charge is 0.137 e. The van der Waals surface area contributed by atoms with Crippen LogP contribution in [0.4, 0.5) is 17.1 Å². The molecule has 1 aromatic heterocycles. The summed E-state index contributed by atoms with van der Waals surface area (Å²) in [5.74, 6) is 0. The highest BCUT2D eigenvalue weighted by Crippen LogP contribution is 2.51. The van der Waals surface area contributed by atoms with Gasteiger partial charge in [0.2, 0.25) is 0 Å². The van der Waals surface area contributed by atoms with E-state index in [1.807, 2.05) is 12.1 Å². The highest BCUT2D eigenvalue weighted by molar-refractivity contribution is 6.12. The molecule has 262 valence electrons. The number of nitrogens with zero attached hydrogens (tertiary/aromatic N) is 1. The van der Waals surface area contributed by atoms with Crippen molar-refractivity contribution in [3.8, 4) is 33.4 Å². The number of hydrogen-bond acceptors (Lipinski definition) is 2. The van der Waals surface area contributed by atoms with E-state index in [4.69, 9.17) is 4.42 Å². The summed E-state index contributed by atoms with van der Waals surface area (Å²) in [6, 6.07) is 56.2. The van der Waals surface area contributed by atoms with Crippen molar-refractivity contribution in [3.63, 3.8) is 0 Å². The lowest BCUT2D eigenvalue weighted by Gasteiger charge is -2.28. The van der Waals surface area contributed by atoms with Crippen molar-refractivity contribution in [3.05, 3.63) is 163 Å². The van der Waals surface area contributed by atoms with Gasteiger partial charge in [0.1, 0.15) is 11.2 Å². The fourth-order valence-corrected chi connectivity index (χ4v) is 8.30. The van der Waals surface area contributed by atoms with E-state index in [0.29, 0.717) is 0 Å². The zero-order valence-corrected chi connectivity index (χ0v) is 31.8. The fourth-order valence-electron chi connectivity index (χ4n) is 8.30. The molecule has 0 atom stereocenters. The van der Waals surface area contributed by atoms with Crippen molar-refractivity contribution in [2.45, 2.75) is 52.4 Å². The van der Waals surface area contributed by atoms with Crippen LogP contribution in [0.1, 0.15) is 52.7 Å². The van der Waals surface area contributed by atoms with Crippen LogP contribution in [-0.2, 0) is 10.8 Å². The van der Waals surface area contributed by atoms with Gasteiger partial charge in [0, 0.05) is 33.9 Å². The maximum absolute atomic E-state index is 6.37. The first-order chi connectivity index (χ1) is 26.0. The van der Waals surface area contributed by atoms with Crippen LogP contribution in [0.2, 0.25) is 0 Å². The van der Waals surface area contributed by atoms with E-state index in [9.17, 15) is 0 Å². The quantitative estimate of drug-likeness (QED) is 0.182. The Kier molecular flexibility index (Phi) is 7.04. The molecule has 0 spiro atoms. The minimum Gasteiger partial charge on any atom is -0.456 e. The molecule has 8 aromatic carbocycles. The Balaban J connectivity index is 1.04. The van der Waals surface area contributed by atoms with Crippen LogP contribution in [-0.4, -0.2) is 0 Å². The normalized spacial score (nSPS) is 12.6. The Morgan fingerprint density at radius 3 is 1.50 bits per heavy atom. The molecular weight excluding hydrogens is 655 g/mol. The Morgan fingerprint density at radius 2 is 0.852 bits per heavy atom. The molecule has 54 heavy (non-hydrogen) atoms. The predicted octanol–water partition coefficient (Wildman–Crippen LogP) is 15.3. The molecule has 0 N–H and O–H groups in total. The first-order valence-corrected chi connectivity index (χ1v) is 19.1. The summed E-state index contributed by atoms with van der Waals surface area (Å²) in [4.78, 5) is 2.35. The van der Waals surface area contributed by atoms with Crippen molar-refractivity contribution in [1.29, 1.82) is 0 Å². The van der Waals surface area contributed by atoms with Gasteiger partial charge in [0.25, 0.3) is 0 Å². The van der Waals surface area contributed by atoms with E-state index in [0.717, 1.165) is 39.0 Å². The Bertz CT molecular complexity index is 2930. The van der Waals surface area contributed by atoms with Gasteiger partial charge in [-0.15, -0.1) is 0 Å². The number of anilines is 3. The van der Waals surface area contributed by atoms with E-state index in [1.54, 1.807) is 0 Å². The highest BCUT2D eigenvalue weighted by atomic mass is 16.3. The van der Waals surface area contributed by atoms with Gasteiger partial charge in [-0.05, 0) is 150 Å². The van der Waals surface area contributed by atoms with Crippen molar-refractivity contribution in [2.24, 2.45) is 0 Å². The molecule has 2 nitrogen and oxygen atoms in total. The summed E-state index contributed by atoms with van der Waals surface area (Å²) >= 11 is 0. The monoisotopic (exact) mass is 697 g/mol. The molecule has 0 aliphatic heterocycles. The van der Waals surface area contributed by atoms with Gasteiger partial charge in [-0.25, -0.2) is 0 Å². The molecule has 0 radical (unpaired) electrons.